The quantitative estimate of drug-likeness (QED) is 0.543. The minimum Gasteiger partial charge on any atom is -0.377 e. The molecule has 1 N–H and O–H groups in total. The minimum absolute atomic E-state index is 0.826. The first-order chi connectivity index (χ1) is 3.93. The molecule has 0 amide bonds. The fourth-order valence-electron chi connectivity index (χ4n) is 0.448. The van der Waals surface area contributed by atoms with Gasteiger partial charge in [-0.3, -0.25) is 4.98 Å². The summed E-state index contributed by atoms with van der Waals surface area (Å²) >= 11 is 0. The van der Waals surface area contributed by atoms with Crippen molar-refractivity contribution in [1.82, 2.24) is 4.98 Å². The highest BCUT2D eigenvalue weighted by atomic mass is 14.8. The Labute approximate surface area is 48.6 Å². The van der Waals surface area contributed by atoms with E-state index in [-0.39, 0.29) is 0 Å². The monoisotopic (exact) mass is 106 g/mol. The molecule has 0 saturated carbocycles. The van der Waals surface area contributed by atoms with Crippen LogP contribution in [-0.2, 0) is 0 Å². The van der Waals surface area contributed by atoms with Gasteiger partial charge in [0.05, 0.1) is 12.7 Å². The summed E-state index contributed by atoms with van der Waals surface area (Å²) in [5.74, 6) is 0. The maximum atomic E-state index is 5.06. The van der Waals surface area contributed by atoms with Crippen LogP contribution in [-0.4, -0.2) is 4.98 Å². The molecule has 0 bridgehead atoms. The number of hydrogen-bond donors (Lipinski definition) is 1. The fourth-order valence-corrected chi connectivity index (χ4v) is 0.448. The molecule has 1 rings (SSSR count). The number of pyridine rings is 1. The number of hydrogen-bond acceptors (Lipinski definition) is 2. The van der Waals surface area contributed by atoms with Gasteiger partial charge in [0.2, 0.25) is 0 Å². The van der Waals surface area contributed by atoms with Gasteiger partial charge in [-0.05, 0) is 12.1 Å². The molecular weight excluding hydrogens is 100 g/mol. The van der Waals surface area contributed by atoms with E-state index in [9.17, 15) is 0 Å². The Morgan fingerprint density at radius 2 is 2.50 bits per heavy atom. The predicted molar refractivity (Wildman–Crippen MR) is 32.2 cm³/mol. The molecule has 1 aromatic rings. The Morgan fingerprint density at radius 3 is 2.88 bits per heavy atom. The van der Waals surface area contributed by atoms with Crippen molar-refractivity contribution in [3.63, 3.8) is 0 Å². The molecule has 0 spiro atoms. The van der Waals surface area contributed by atoms with E-state index in [4.69, 9.17) is 7.05 Å². The van der Waals surface area contributed by atoms with Crippen LogP contribution in [0.4, 0.5) is 5.69 Å². The molecule has 0 aliphatic heterocycles. The van der Waals surface area contributed by atoms with Crippen molar-refractivity contribution in [1.29, 1.82) is 0 Å². The number of nitrogens with one attached hydrogen (secondary N) is 1. The van der Waals surface area contributed by atoms with Gasteiger partial charge in [0.15, 0.2) is 0 Å². The first-order valence-corrected chi connectivity index (χ1v) is 2.30. The van der Waals surface area contributed by atoms with Crippen molar-refractivity contribution < 1.29 is 0 Å². The van der Waals surface area contributed by atoms with E-state index in [0.717, 1.165) is 5.69 Å². The molecule has 40 valence electrons. The van der Waals surface area contributed by atoms with Crippen LogP contribution in [0.25, 0.3) is 0 Å². The van der Waals surface area contributed by atoms with Crippen LogP contribution in [0.15, 0.2) is 24.5 Å². The maximum absolute atomic E-state index is 5.06. The van der Waals surface area contributed by atoms with E-state index in [0.29, 0.717) is 0 Å². The minimum atomic E-state index is 0.826. The van der Waals surface area contributed by atoms with Gasteiger partial charge in [0, 0.05) is 12.4 Å². The Morgan fingerprint density at radius 1 is 1.62 bits per heavy atom. The third-order valence-electron chi connectivity index (χ3n) is 0.828. The van der Waals surface area contributed by atoms with Gasteiger partial charge >= 0.3 is 0 Å². The van der Waals surface area contributed by atoms with Crippen molar-refractivity contribution in [2.45, 2.75) is 0 Å². The number of rotatable bonds is 1. The molecular formula is C6H6N2. The van der Waals surface area contributed by atoms with Gasteiger partial charge in [-0.15, -0.1) is 0 Å². The summed E-state index contributed by atoms with van der Waals surface area (Å²) in [7, 11) is 5.06. The van der Waals surface area contributed by atoms with Crippen molar-refractivity contribution in [3.05, 3.63) is 31.6 Å². The van der Waals surface area contributed by atoms with Gasteiger partial charge in [0.25, 0.3) is 0 Å². The Kier molecular flexibility index (Phi) is 1.47. The molecule has 0 aliphatic rings. The van der Waals surface area contributed by atoms with Gasteiger partial charge in [-0.2, -0.15) is 0 Å². The standard InChI is InChI=1S/C6H6N2/c1-7-6-3-2-4-8-5-6/h1-5,7H. The number of anilines is 1. The van der Waals surface area contributed by atoms with Crippen LogP contribution in [0.2, 0.25) is 0 Å². The van der Waals surface area contributed by atoms with Gasteiger partial charge < -0.3 is 5.32 Å². The van der Waals surface area contributed by atoms with E-state index in [1.807, 2.05) is 12.1 Å². The van der Waals surface area contributed by atoms with Crippen LogP contribution in [0.5, 0.6) is 0 Å². The maximum Gasteiger partial charge on any atom is 0.0706 e. The van der Waals surface area contributed by atoms with Crippen molar-refractivity contribution >= 4 is 5.69 Å². The lowest BCUT2D eigenvalue weighted by Gasteiger charge is -1.92. The first-order valence-electron chi connectivity index (χ1n) is 2.30. The third-order valence-corrected chi connectivity index (χ3v) is 0.828. The zero-order chi connectivity index (χ0) is 5.82. The second kappa shape index (κ2) is 2.31. The summed E-state index contributed by atoms with van der Waals surface area (Å²) < 4.78 is 0. The highest BCUT2D eigenvalue weighted by Gasteiger charge is 1.79. The largest absolute Gasteiger partial charge is 0.377 e. The molecule has 2 heteroatoms. The highest BCUT2D eigenvalue weighted by Crippen LogP contribution is 1.99. The summed E-state index contributed by atoms with van der Waals surface area (Å²) in [6, 6.07) is 3.65. The van der Waals surface area contributed by atoms with Gasteiger partial charge in [0.1, 0.15) is 0 Å². The van der Waals surface area contributed by atoms with Crippen LogP contribution in [0.3, 0.4) is 0 Å². The molecule has 1 aromatic heterocycles. The Balaban J connectivity index is 2.83. The van der Waals surface area contributed by atoms with Crippen molar-refractivity contribution in [2.75, 3.05) is 5.32 Å². The molecule has 0 aliphatic carbocycles. The summed E-state index contributed by atoms with van der Waals surface area (Å²) in [6.07, 6.45) is 3.35. The molecule has 0 aromatic carbocycles. The summed E-state index contributed by atoms with van der Waals surface area (Å²) in [5.41, 5.74) is 0.826. The SMILES string of the molecule is [CH]Nc1cccnc1. The second-order valence-electron chi connectivity index (χ2n) is 1.39. The molecule has 0 unspecified atom stereocenters. The zero-order valence-corrected chi connectivity index (χ0v) is 4.33. The summed E-state index contributed by atoms with van der Waals surface area (Å²) in [4.78, 5) is 3.81. The Hall–Kier alpha value is -1.05. The average molecular weight is 106 g/mol. The molecule has 0 atom stereocenters. The molecule has 0 fully saturated rings. The summed E-state index contributed by atoms with van der Waals surface area (Å²) in [6.45, 7) is 0. The lowest BCUT2D eigenvalue weighted by molar-refractivity contribution is 1.32. The third kappa shape index (κ3) is 0.964. The van der Waals surface area contributed by atoms with Crippen LogP contribution >= 0.6 is 0 Å². The second-order valence-corrected chi connectivity index (χ2v) is 1.39. The van der Waals surface area contributed by atoms with E-state index in [1.54, 1.807) is 12.4 Å². The van der Waals surface area contributed by atoms with Gasteiger partial charge in [-0.1, -0.05) is 0 Å². The molecule has 2 radical (unpaired) electrons. The molecule has 2 nitrogen and oxygen atoms in total. The predicted octanol–water partition coefficient (Wildman–Crippen LogP) is 1.16. The number of nitrogens with zero attached hydrogens (tertiary/aromatic N) is 1. The van der Waals surface area contributed by atoms with Crippen LogP contribution in [0.1, 0.15) is 0 Å². The van der Waals surface area contributed by atoms with Crippen molar-refractivity contribution in [3.8, 4) is 0 Å². The van der Waals surface area contributed by atoms with Crippen molar-refractivity contribution in [2.24, 2.45) is 0 Å². The van der Waals surface area contributed by atoms with E-state index in [1.165, 1.54) is 0 Å². The normalized spacial score (nSPS) is 8.62. The number of aromatic nitrogens is 1. The fraction of sp³-hybridized carbons (Fsp3) is 0. The first kappa shape index (κ1) is 5.09. The summed E-state index contributed by atoms with van der Waals surface area (Å²) in [5, 5.41) is 2.46. The van der Waals surface area contributed by atoms with E-state index < -0.39 is 0 Å². The smallest absolute Gasteiger partial charge is 0.0706 e. The lowest BCUT2D eigenvalue weighted by Crippen LogP contribution is -1.82. The average Bonchev–Trinajstić information content (AvgIpc) is 1.90. The Bertz CT molecular complexity index is 148. The molecule has 1 heterocycles. The van der Waals surface area contributed by atoms with E-state index in [2.05, 4.69) is 10.3 Å². The highest BCUT2D eigenvalue weighted by molar-refractivity contribution is 5.39. The topological polar surface area (TPSA) is 24.9 Å². The zero-order valence-electron chi connectivity index (χ0n) is 4.33. The lowest BCUT2D eigenvalue weighted by atomic mass is 10.4. The van der Waals surface area contributed by atoms with E-state index >= 15 is 0 Å². The molecule has 0 saturated heterocycles. The molecule has 8 heavy (non-hydrogen) atoms. The van der Waals surface area contributed by atoms with Crippen LogP contribution in [0, 0.1) is 7.05 Å². The van der Waals surface area contributed by atoms with Gasteiger partial charge in [-0.25, -0.2) is 0 Å². The van der Waals surface area contributed by atoms with Crippen LogP contribution < -0.4 is 5.32 Å².